The highest BCUT2D eigenvalue weighted by molar-refractivity contribution is 5.80. The molecule has 30 heavy (non-hydrogen) atoms. The van der Waals surface area contributed by atoms with Crippen LogP contribution in [-0.2, 0) is 14.2 Å². The van der Waals surface area contributed by atoms with Gasteiger partial charge in [0.05, 0.1) is 12.7 Å². The molecule has 3 aliphatic heterocycles. The summed E-state index contributed by atoms with van der Waals surface area (Å²) in [5.74, 6) is 1.42. The third-order valence-electron chi connectivity index (χ3n) is 5.99. The van der Waals surface area contributed by atoms with Crippen LogP contribution in [-0.4, -0.2) is 92.6 Å². The summed E-state index contributed by atoms with van der Waals surface area (Å²) in [7, 11) is 1.84. The lowest BCUT2D eigenvalue weighted by Gasteiger charge is -2.37. The number of piperidine rings is 1. The first kappa shape index (κ1) is 23.1. The van der Waals surface area contributed by atoms with Gasteiger partial charge in [-0.1, -0.05) is 0 Å². The van der Waals surface area contributed by atoms with Crippen LogP contribution >= 0.6 is 0 Å². The number of guanidine groups is 1. The average molecular weight is 425 g/mol. The minimum atomic E-state index is -0.447. The molecule has 0 aromatic heterocycles. The van der Waals surface area contributed by atoms with Crippen LogP contribution in [0.25, 0.3) is 0 Å². The predicted octanol–water partition coefficient (Wildman–Crippen LogP) is 2.48. The van der Waals surface area contributed by atoms with Gasteiger partial charge in [-0.15, -0.1) is 0 Å². The van der Waals surface area contributed by atoms with Crippen molar-refractivity contribution in [2.75, 3.05) is 53.0 Å². The first-order valence-electron chi connectivity index (χ1n) is 11.5. The van der Waals surface area contributed by atoms with E-state index in [-0.39, 0.29) is 18.3 Å². The molecular weight excluding hydrogens is 384 g/mol. The highest BCUT2D eigenvalue weighted by Gasteiger charge is 2.32. The summed E-state index contributed by atoms with van der Waals surface area (Å²) < 4.78 is 17.3. The number of rotatable bonds is 4. The molecule has 0 aromatic rings. The van der Waals surface area contributed by atoms with Gasteiger partial charge in [0.1, 0.15) is 11.7 Å². The molecule has 3 atom stereocenters. The number of nitrogens with one attached hydrogen (secondary N) is 1. The molecule has 3 fully saturated rings. The normalized spacial score (nSPS) is 28.5. The highest BCUT2D eigenvalue weighted by atomic mass is 16.6. The number of hydrogen-bond donors (Lipinski definition) is 1. The Bertz CT molecular complexity index is 586. The standard InChI is InChI=1S/C22H40N4O4/c1-22(2,3)30-21(27)26-11-5-7-17(15-26)9-10-24-20(23-4)25-12-14-29-19(16-25)18-8-6-13-28-18/h17-19H,5-16H2,1-4H3,(H,23,24). The van der Waals surface area contributed by atoms with Gasteiger partial charge < -0.3 is 29.3 Å². The fourth-order valence-electron chi connectivity index (χ4n) is 4.50. The van der Waals surface area contributed by atoms with Crippen LogP contribution < -0.4 is 5.32 Å². The number of hydrogen-bond acceptors (Lipinski definition) is 5. The molecule has 0 spiro atoms. The minimum Gasteiger partial charge on any atom is -0.444 e. The van der Waals surface area contributed by atoms with Gasteiger partial charge in [-0.25, -0.2) is 4.79 Å². The van der Waals surface area contributed by atoms with Crippen LogP contribution in [0.3, 0.4) is 0 Å². The number of amides is 1. The zero-order chi connectivity index (χ0) is 21.6. The van der Waals surface area contributed by atoms with Gasteiger partial charge in [0, 0.05) is 46.4 Å². The topological polar surface area (TPSA) is 75.6 Å². The smallest absolute Gasteiger partial charge is 0.410 e. The largest absolute Gasteiger partial charge is 0.444 e. The molecule has 0 saturated carbocycles. The lowest BCUT2D eigenvalue weighted by molar-refractivity contribution is -0.0817. The van der Waals surface area contributed by atoms with Crippen molar-refractivity contribution in [3.63, 3.8) is 0 Å². The average Bonchev–Trinajstić information content (AvgIpc) is 3.25. The van der Waals surface area contributed by atoms with E-state index in [0.717, 1.165) is 77.4 Å². The number of morpholine rings is 1. The zero-order valence-electron chi connectivity index (χ0n) is 19.2. The number of carbonyl (C=O) groups excluding carboxylic acids is 1. The molecule has 3 rings (SSSR count). The van der Waals surface area contributed by atoms with Crippen molar-refractivity contribution in [3.8, 4) is 0 Å². The molecule has 0 radical (unpaired) electrons. The van der Waals surface area contributed by atoms with E-state index in [2.05, 4.69) is 15.2 Å². The van der Waals surface area contributed by atoms with Crippen LogP contribution in [0, 0.1) is 5.92 Å². The molecule has 0 aromatic carbocycles. The van der Waals surface area contributed by atoms with E-state index in [1.54, 1.807) is 0 Å². The van der Waals surface area contributed by atoms with Crippen LogP contribution in [0.15, 0.2) is 4.99 Å². The van der Waals surface area contributed by atoms with Crippen molar-refractivity contribution in [2.24, 2.45) is 10.9 Å². The van der Waals surface area contributed by atoms with Gasteiger partial charge in [-0.3, -0.25) is 4.99 Å². The maximum absolute atomic E-state index is 12.4. The third kappa shape index (κ3) is 6.74. The molecular formula is C22H40N4O4. The lowest BCUT2D eigenvalue weighted by Crippen LogP contribution is -2.53. The Labute approximate surface area is 181 Å². The first-order valence-corrected chi connectivity index (χ1v) is 11.5. The summed E-state index contributed by atoms with van der Waals surface area (Å²) in [4.78, 5) is 21.0. The van der Waals surface area contributed by atoms with E-state index in [1.807, 2.05) is 32.7 Å². The number of aliphatic imine (C=N–C) groups is 1. The zero-order valence-corrected chi connectivity index (χ0v) is 19.2. The second-order valence-electron chi connectivity index (χ2n) is 9.60. The van der Waals surface area contributed by atoms with Gasteiger partial charge in [0.25, 0.3) is 0 Å². The SMILES string of the molecule is CN=C(NCCC1CCCN(C(=O)OC(C)(C)C)C1)N1CCOC(C2CCCO2)C1. The Hall–Kier alpha value is -1.54. The molecule has 1 amide bonds. The molecule has 3 unspecified atom stereocenters. The quantitative estimate of drug-likeness (QED) is 0.552. The van der Waals surface area contributed by atoms with Crippen LogP contribution in [0.5, 0.6) is 0 Å². The molecule has 172 valence electrons. The summed E-state index contributed by atoms with van der Waals surface area (Å²) >= 11 is 0. The molecule has 8 heteroatoms. The Kier molecular flexibility index (Phi) is 8.22. The maximum Gasteiger partial charge on any atom is 0.410 e. The van der Waals surface area contributed by atoms with Crippen molar-refractivity contribution in [1.29, 1.82) is 0 Å². The minimum absolute atomic E-state index is 0.125. The molecule has 3 heterocycles. The van der Waals surface area contributed by atoms with E-state index < -0.39 is 5.60 Å². The van der Waals surface area contributed by atoms with Crippen LogP contribution in [0.2, 0.25) is 0 Å². The van der Waals surface area contributed by atoms with Crippen molar-refractivity contribution in [2.45, 2.75) is 70.7 Å². The molecule has 3 saturated heterocycles. The summed E-state index contributed by atoms with van der Waals surface area (Å²) in [5, 5.41) is 3.52. The highest BCUT2D eigenvalue weighted by Crippen LogP contribution is 2.22. The first-order chi connectivity index (χ1) is 14.4. The molecule has 1 N–H and O–H groups in total. The Morgan fingerprint density at radius 2 is 1.87 bits per heavy atom. The monoisotopic (exact) mass is 424 g/mol. The van der Waals surface area contributed by atoms with Gasteiger partial charge in [-0.2, -0.15) is 0 Å². The van der Waals surface area contributed by atoms with E-state index in [1.165, 1.54) is 0 Å². The number of nitrogens with zero attached hydrogens (tertiary/aromatic N) is 3. The van der Waals surface area contributed by atoms with E-state index in [9.17, 15) is 4.79 Å². The lowest BCUT2D eigenvalue weighted by atomic mass is 9.95. The predicted molar refractivity (Wildman–Crippen MR) is 117 cm³/mol. The van der Waals surface area contributed by atoms with Crippen LogP contribution in [0.4, 0.5) is 4.79 Å². The molecule has 0 aliphatic carbocycles. The van der Waals surface area contributed by atoms with E-state index >= 15 is 0 Å². The summed E-state index contributed by atoms with van der Waals surface area (Å²) in [6, 6.07) is 0. The Morgan fingerprint density at radius 3 is 2.57 bits per heavy atom. The second-order valence-corrected chi connectivity index (χ2v) is 9.60. The van der Waals surface area contributed by atoms with Crippen molar-refractivity contribution < 1.29 is 19.0 Å². The maximum atomic E-state index is 12.4. The summed E-state index contributed by atoms with van der Waals surface area (Å²) in [6.45, 7) is 11.4. The second kappa shape index (κ2) is 10.7. The van der Waals surface area contributed by atoms with Crippen molar-refractivity contribution in [1.82, 2.24) is 15.1 Å². The molecule has 0 bridgehead atoms. The Morgan fingerprint density at radius 1 is 1.07 bits per heavy atom. The molecule has 8 nitrogen and oxygen atoms in total. The van der Waals surface area contributed by atoms with Crippen molar-refractivity contribution in [3.05, 3.63) is 0 Å². The number of likely N-dealkylation sites (tertiary alicyclic amines) is 1. The Balaban J connectivity index is 1.42. The van der Waals surface area contributed by atoms with Crippen LogP contribution in [0.1, 0.15) is 52.9 Å². The van der Waals surface area contributed by atoms with Gasteiger partial charge in [-0.05, 0) is 58.8 Å². The summed E-state index contributed by atoms with van der Waals surface area (Å²) in [6.07, 6.45) is 5.55. The van der Waals surface area contributed by atoms with Gasteiger partial charge in [0.2, 0.25) is 0 Å². The summed E-state index contributed by atoms with van der Waals surface area (Å²) in [5.41, 5.74) is -0.447. The van der Waals surface area contributed by atoms with Gasteiger partial charge >= 0.3 is 6.09 Å². The fraction of sp³-hybridized carbons (Fsp3) is 0.909. The van der Waals surface area contributed by atoms with Crippen molar-refractivity contribution >= 4 is 12.1 Å². The fourth-order valence-corrected chi connectivity index (χ4v) is 4.50. The van der Waals surface area contributed by atoms with E-state index in [4.69, 9.17) is 14.2 Å². The molecule has 3 aliphatic rings. The van der Waals surface area contributed by atoms with E-state index in [0.29, 0.717) is 12.5 Å². The number of carbonyl (C=O) groups is 1. The third-order valence-corrected chi connectivity index (χ3v) is 5.99. The van der Waals surface area contributed by atoms with Gasteiger partial charge in [0.15, 0.2) is 5.96 Å². The number of ether oxygens (including phenoxy) is 3.